The number of rotatable bonds is 9. The van der Waals surface area contributed by atoms with Crippen molar-refractivity contribution in [2.75, 3.05) is 26.1 Å². The van der Waals surface area contributed by atoms with Gasteiger partial charge in [-0.1, -0.05) is 30.3 Å². The molecule has 1 aliphatic carbocycles. The molecular weight excluding hydrogens is 576 g/mol. The predicted molar refractivity (Wildman–Crippen MR) is 167 cm³/mol. The minimum Gasteiger partial charge on any atom is -0.493 e. The van der Waals surface area contributed by atoms with Crippen molar-refractivity contribution in [3.63, 3.8) is 0 Å². The van der Waals surface area contributed by atoms with Crippen LogP contribution in [0.5, 0.6) is 23.0 Å². The van der Waals surface area contributed by atoms with Gasteiger partial charge in [0, 0.05) is 35.3 Å². The number of carbonyl (C=O) groups is 2. The van der Waals surface area contributed by atoms with E-state index in [9.17, 15) is 19.5 Å². The second kappa shape index (κ2) is 12.6. The highest BCUT2D eigenvalue weighted by Gasteiger charge is 2.29. The van der Waals surface area contributed by atoms with E-state index in [2.05, 4.69) is 15.3 Å². The number of Topliss-reactive ketones (excluding diaryl/α,β-unsaturated/α-hetero) is 1. The van der Waals surface area contributed by atoms with Gasteiger partial charge in [0.05, 0.1) is 38.6 Å². The van der Waals surface area contributed by atoms with Crippen LogP contribution in [0.25, 0.3) is 10.9 Å². The number of ketones is 1. The van der Waals surface area contributed by atoms with Gasteiger partial charge in [-0.2, -0.15) is 0 Å². The van der Waals surface area contributed by atoms with Crippen LogP contribution in [0.4, 0.5) is 5.82 Å². The van der Waals surface area contributed by atoms with Crippen LogP contribution in [-0.2, 0) is 6.42 Å². The molecule has 6 rings (SSSR count). The van der Waals surface area contributed by atoms with Crippen LogP contribution in [0.1, 0.15) is 50.9 Å². The van der Waals surface area contributed by atoms with E-state index >= 15 is 0 Å². The molecule has 45 heavy (non-hydrogen) atoms. The number of fused-ring (bicyclic) bond motifs is 2. The standard InChI is InChI=1S/C34H30N4O7/c1-43-30-16-22-25(17-31(30)44-2)35-14-13-29(22)45-21-11-12-32(36-18-21)37-33(41)24-15-23-26(9-6-10-28(23)40)38(34(24)42)27(19-39)20-7-4-3-5-8-20/h3-5,7-8,11-18,27,39H,6,9-10,19H2,1-2H3,(H,36,37,41). The first-order valence-electron chi connectivity index (χ1n) is 14.3. The maximum Gasteiger partial charge on any atom is 0.264 e. The summed E-state index contributed by atoms with van der Waals surface area (Å²) in [6, 6.07) is 18.1. The van der Waals surface area contributed by atoms with E-state index in [1.165, 1.54) is 16.8 Å². The van der Waals surface area contributed by atoms with E-state index in [4.69, 9.17) is 14.2 Å². The molecule has 2 N–H and O–H groups in total. The summed E-state index contributed by atoms with van der Waals surface area (Å²) < 4.78 is 18.2. The summed E-state index contributed by atoms with van der Waals surface area (Å²) >= 11 is 0. The van der Waals surface area contributed by atoms with Crippen LogP contribution in [0.2, 0.25) is 0 Å². The molecule has 228 valence electrons. The molecule has 1 aliphatic rings. The van der Waals surface area contributed by atoms with Crippen molar-refractivity contribution in [3.8, 4) is 23.0 Å². The average molecular weight is 607 g/mol. The van der Waals surface area contributed by atoms with Gasteiger partial charge >= 0.3 is 0 Å². The Balaban J connectivity index is 1.28. The number of anilines is 1. The number of hydrogen-bond acceptors (Lipinski definition) is 9. The van der Waals surface area contributed by atoms with Gasteiger partial charge in [0.2, 0.25) is 0 Å². The highest BCUT2D eigenvalue weighted by atomic mass is 16.5. The lowest BCUT2D eigenvalue weighted by molar-refractivity contribution is 0.0969. The van der Waals surface area contributed by atoms with Gasteiger partial charge < -0.3 is 29.2 Å². The number of methoxy groups -OCH3 is 2. The fourth-order valence-electron chi connectivity index (χ4n) is 5.58. The van der Waals surface area contributed by atoms with E-state index in [0.29, 0.717) is 70.0 Å². The Morgan fingerprint density at radius 2 is 1.73 bits per heavy atom. The molecule has 11 heteroatoms. The monoisotopic (exact) mass is 606 g/mol. The number of hydrogen-bond donors (Lipinski definition) is 2. The van der Waals surface area contributed by atoms with E-state index in [0.717, 1.165) is 0 Å². The maximum atomic E-state index is 13.8. The van der Waals surface area contributed by atoms with Crippen molar-refractivity contribution in [1.82, 2.24) is 14.5 Å². The lowest BCUT2D eigenvalue weighted by atomic mass is 9.92. The quantitative estimate of drug-likeness (QED) is 0.238. The Labute approximate surface area is 258 Å². The molecule has 0 bridgehead atoms. The van der Waals surface area contributed by atoms with Crippen molar-refractivity contribution >= 4 is 28.4 Å². The van der Waals surface area contributed by atoms with Gasteiger partial charge in [-0.05, 0) is 48.7 Å². The maximum absolute atomic E-state index is 13.8. The second-order valence-electron chi connectivity index (χ2n) is 10.4. The number of nitrogens with zero attached hydrogens (tertiary/aromatic N) is 3. The summed E-state index contributed by atoms with van der Waals surface area (Å²) in [6.45, 7) is -0.383. The Hall–Kier alpha value is -5.55. The number of carbonyl (C=O) groups excluding carboxylic acids is 2. The predicted octanol–water partition coefficient (Wildman–Crippen LogP) is 4.95. The summed E-state index contributed by atoms with van der Waals surface area (Å²) in [6.07, 6.45) is 4.43. The molecule has 3 heterocycles. The minimum absolute atomic E-state index is 0.150. The molecular formula is C34H30N4O7. The number of aromatic nitrogens is 3. The molecule has 1 unspecified atom stereocenters. The van der Waals surface area contributed by atoms with Gasteiger partial charge in [0.25, 0.3) is 11.5 Å². The van der Waals surface area contributed by atoms with Crippen LogP contribution in [-0.4, -0.2) is 52.2 Å². The van der Waals surface area contributed by atoms with E-state index in [1.54, 1.807) is 75.0 Å². The Bertz CT molecular complexity index is 1960. The zero-order chi connectivity index (χ0) is 31.5. The third-order valence-corrected chi connectivity index (χ3v) is 7.78. The zero-order valence-electron chi connectivity index (χ0n) is 24.6. The molecule has 0 fully saturated rings. The number of amides is 1. The first kappa shape index (κ1) is 29.5. The zero-order valence-corrected chi connectivity index (χ0v) is 24.6. The Morgan fingerprint density at radius 3 is 2.44 bits per heavy atom. The van der Waals surface area contributed by atoms with Gasteiger partial charge in [-0.15, -0.1) is 0 Å². The summed E-state index contributed by atoms with van der Waals surface area (Å²) in [4.78, 5) is 48.9. The number of aliphatic hydroxyl groups excluding tert-OH is 1. The molecule has 1 amide bonds. The first-order valence-corrected chi connectivity index (χ1v) is 14.3. The lowest BCUT2D eigenvalue weighted by Crippen LogP contribution is -2.38. The summed E-state index contributed by atoms with van der Waals surface area (Å²) in [7, 11) is 3.09. The summed E-state index contributed by atoms with van der Waals surface area (Å²) in [5, 5.41) is 13.7. The van der Waals surface area contributed by atoms with Crippen LogP contribution < -0.4 is 25.1 Å². The Kier molecular flexibility index (Phi) is 8.26. The topological polar surface area (TPSA) is 142 Å². The molecule has 1 atom stereocenters. The summed E-state index contributed by atoms with van der Waals surface area (Å²) in [5.41, 5.74) is 1.36. The van der Waals surface area contributed by atoms with E-state index < -0.39 is 17.5 Å². The Morgan fingerprint density at radius 1 is 0.956 bits per heavy atom. The van der Waals surface area contributed by atoms with Crippen LogP contribution in [0.3, 0.4) is 0 Å². The molecule has 11 nitrogen and oxygen atoms in total. The van der Waals surface area contributed by atoms with Gasteiger partial charge in [-0.25, -0.2) is 4.98 Å². The number of pyridine rings is 3. The van der Waals surface area contributed by atoms with E-state index in [-0.39, 0.29) is 23.8 Å². The average Bonchev–Trinajstić information content (AvgIpc) is 3.07. The smallest absolute Gasteiger partial charge is 0.264 e. The van der Waals surface area contributed by atoms with Crippen molar-refractivity contribution in [1.29, 1.82) is 0 Å². The van der Waals surface area contributed by atoms with Gasteiger partial charge in [0.1, 0.15) is 22.9 Å². The molecule has 0 spiro atoms. The first-order chi connectivity index (χ1) is 21.9. The van der Waals surface area contributed by atoms with E-state index in [1.807, 2.05) is 6.07 Å². The van der Waals surface area contributed by atoms with Crippen molar-refractivity contribution < 1.29 is 28.9 Å². The SMILES string of the molecule is COc1cc2nccc(Oc3ccc(NC(=O)c4cc5c(n(C(CO)c6ccccc6)c4=O)CCCC5=O)nc3)c2cc1OC. The molecule has 0 aliphatic heterocycles. The highest BCUT2D eigenvalue weighted by molar-refractivity contribution is 6.06. The number of benzene rings is 2. The largest absolute Gasteiger partial charge is 0.493 e. The molecule has 5 aromatic rings. The third kappa shape index (κ3) is 5.73. The molecule has 3 aromatic heterocycles. The minimum atomic E-state index is -0.758. The van der Waals surface area contributed by atoms with Crippen molar-refractivity contribution in [2.24, 2.45) is 0 Å². The number of ether oxygens (including phenoxy) is 3. The fourth-order valence-corrected chi connectivity index (χ4v) is 5.58. The van der Waals surface area contributed by atoms with Crippen LogP contribution in [0.15, 0.2) is 83.9 Å². The molecule has 0 saturated carbocycles. The van der Waals surface area contributed by atoms with Crippen molar-refractivity contribution in [2.45, 2.75) is 25.3 Å². The molecule has 0 radical (unpaired) electrons. The lowest BCUT2D eigenvalue weighted by Gasteiger charge is -2.27. The normalized spacial score (nSPS) is 13.2. The second-order valence-corrected chi connectivity index (χ2v) is 10.4. The number of aliphatic hydroxyl groups is 1. The molecule has 0 saturated heterocycles. The van der Waals surface area contributed by atoms with Crippen molar-refractivity contribution in [3.05, 3.63) is 112 Å². The van der Waals surface area contributed by atoms with Gasteiger partial charge in [-0.3, -0.25) is 19.4 Å². The van der Waals surface area contributed by atoms with Crippen LogP contribution in [0, 0.1) is 0 Å². The van der Waals surface area contributed by atoms with Gasteiger partial charge in [0.15, 0.2) is 17.3 Å². The van der Waals surface area contributed by atoms with Crippen LogP contribution >= 0.6 is 0 Å². The summed E-state index contributed by atoms with van der Waals surface area (Å²) in [5.74, 6) is 1.27. The highest BCUT2D eigenvalue weighted by Crippen LogP contribution is 2.37. The number of nitrogens with one attached hydrogen (secondary N) is 1. The molecule has 2 aromatic carbocycles. The fraction of sp³-hybridized carbons (Fsp3) is 0.206. The third-order valence-electron chi connectivity index (χ3n) is 7.78.